The minimum atomic E-state index is -0.552. The maximum atomic E-state index is 12.5. The van der Waals surface area contributed by atoms with Gasteiger partial charge in [0.05, 0.1) is 0 Å². The molecular formula is C20H21N3O3. The number of esters is 1. The van der Waals surface area contributed by atoms with E-state index in [1.807, 2.05) is 37.3 Å². The minimum Gasteiger partial charge on any atom is -0.460 e. The fraction of sp³-hybridized carbons (Fsp3) is 0.350. The molecule has 2 amide bonds. The van der Waals surface area contributed by atoms with Crippen LogP contribution in [0.3, 0.4) is 0 Å². The van der Waals surface area contributed by atoms with Crippen molar-refractivity contribution in [3.63, 3.8) is 0 Å². The number of benzene rings is 1. The van der Waals surface area contributed by atoms with Crippen LogP contribution in [0.15, 0.2) is 42.7 Å². The van der Waals surface area contributed by atoms with Crippen LogP contribution in [0.4, 0.5) is 10.5 Å². The van der Waals surface area contributed by atoms with E-state index in [0.717, 1.165) is 36.0 Å². The van der Waals surface area contributed by atoms with Crippen LogP contribution in [-0.4, -0.2) is 29.1 Å². The van der Waals surface area contributed by atoms with Crippen molar-refractivity contribution in [2.24, 2.45) is 5.92 Å². The molecule has 26 heavy (non-hydrogen) atoms. The van der Waals surface area contributed by atoms with Crippen molar-refractivity contribution in [1.29, 1.82) is 0 Å². The van der Waals surface area contributed by atoms with Crippen LogP contribution < -0.4 is 10.6 Å². The fourth-order valence-electron chi connectivity index (χ4n) is 3.81. The number of nitrogens with one attached hydrogen (secondary N) is 2. The summed E-state index contributed by atoms with van der Waals surface area (Å²) in [6.07, 6.45) is 6.31. The summed E-state index contributed by atoms with van der Waals surface area (Å²) in [4.78, 5) is 28.6. The van der Waals surface area contributed by atoms with Crippen LogP contribution in [0.25, 0.3) is 11.1 Å². The molecule has 3 atom stereocenters. The molecule has 2 aliphatic rings. The van der Waals surface area contributed by atoms with Crippen molar-refractivity contribution < 1.29 is 14.3 Å². The molecule has 1 aromatic carbocycles. The van der Waals surface area contributed by atoms with E-state index in [4.69, 9.17) is 4.74 Å². The van der Waals surface area contributed by atoms with Gasteiger partial charge in [0.2, 0.25) is 0 Å². The molecule has 134 valence electrons. The summed E-state index contributed by atoms with van der Waals surface area (Å²) >= 11 is 0. The summed E-state index contributed by atoms with van der Waals surface area (Å²) in [6, 6.07) is 8.77. The first-order chi connectivity index (χ1) is 12.6. The van der Waals surface area contributed by atoms with E-state index in [-0.39, 0.29) is 24.0 Å². The zero-order valence-corrected chi connectivity index (χ0v) is 14.6. The van der Waals surface area contributed by atoms with Crippen molar-refractivity contribution >= 4 is 17.7 Å². The molecule has 4 rings (SSSR count). The van der Waals surface area contributed by atoms with Crippen LogP contribution in [0, 0.1) is 12.8 Å². The Labute approximate surface area is 152 Å². The third-order valence-electron chi connectivity index (χ3n) is 5.22. The number of nitrogens with zero attached hydrogens (tertiary/aromatic N) is 1. The third-order valence-corrected chi connectivity index (χ3v) is 5.22. The van der Waals surface area contributed by atoms with Crippen molar-refractivity contribution in [2.45, 2.75) is 38.3 Å². The summed E-state index contributed by atoms with van der Waals surface area (Å²) in [6.45, 7) is 1.93. The predicted octanol–water partition coefficient (Wildman–Crippen LogP) is 3.27. The van der Waals surface area contributed by atoms with Gasteiger partial charge in [0.1, 0.15) is 12.1 Å². The number of pyridine rings is 1. The third kappa shape index (κ3) is 3.14. The van der Waals surface area contributed by atoms with Crippen molar-refractivity contribution in [3.8, 4) is 11.1 Å². The topological polar surface area (TPSA) is 80.3 Å². The van der Waals surface area contributed by atoms with Crippen molar-refractivity contribution in [3.05, 3.63) is 48.3 Å². The molecule has 0 radical (unpaired) electrons. The Morgan fingerprint density at radius 1 is 1.23 bits per heavy atom. The normalized spacial score (nSPS) is 24.0. The lowest BCUT2D eigenvalue weighted by atomic mass is 9.99. The second-order valence-corrected chi connectivity index (χ2v) is 6.92. The van der Waals surface area contributed by atoms with Gasteiger partial charge in [0, 0.05) is 29.6 Å². The Morgan fingerprint density at radius 3 is 2.92 bits per heavy atom. The summed E-state index contributed by atoms with van der Waals surface area (Å²) in [5.41, 5.74) is 3.60. The number of carbonyl (C=O) groups excluding carboxylic acids is 2. The van der Waals surface area contributed by atoms with Gasteiger partial charge in [0.25, 0.3) is 0 Å². The van der Waals surface area contributed by atoms with Gasteiger partial charge in [-0.25, -0.2) is 9.59 Å². The molecule has 0 bridgehead atoms. The zero-order chi connectivity index (χ0) is 18.1. The van der Waals surface area contributed by atoms with Crippen molar-refractivity contribution in [2.75, 3.05) is 5.32 Å². The van der Waals surface area contributed by atoms with Gasteiger partial charge in [-0.1, -0.05) is 18.2 Å². The fourth-order valence-corrected chi connectivity index (χ4v) is 3.81. The molecule has 1 aromatic heterocycles. The van der Waals surface area contributed by atoms with Crippen LogP contribution in [-0.2, 0) is 9.53 Å². The van der Waals surface area contributed by atoms with E-state index in [0.29, 0.717) is 5.69 Å². The smallest absolute Gasteiger partial charge is 0.329 e. The summed E-state index contributed by atoms with van der Waals surface area (Å²) in [5.74, 6) is -0.230. The molecular weight excluding hydrogens is 330 g/mol. The highest BCUT2D eigenvalue weighted by Gasteiger charge is 2.47. The van der Waals surface area contributed by atoms with Gasteiger partial charge >= 0.3 is 12.0 Å². The average Bonchev–Trinajstić information content (AvgIpc) is 3.20. The molecule has 6 nitrogen and oxygen atoms in total. The first-order valence-electron chi connectivity index (χ1n) is 8.91. The summed E-state index contributed by atoms with van der Waals surface area (Å²) < 4.78 is 5.36. The van der Waals surface area contributed by atoms with Crippen LogP contribution in [0.5, 0.6) is 0 Å². The van der Waals surface area contributed by atoms with Crippen LogP contribution in [0.1, 0.15) is 24.8 Å². The van der Waals surface area contributed by atoms with Gasteiger partial charge in [-0.2, -0.15) is 0 Å². The number of carbonyl (C=O) groups is 2. The predicted molar refractivity (Wildman–Crippen MR) is 97.6 cm³/mol. The molecule has 1 aliphatic heterocycles. The second-order valence-electron chi connectivity index (χ2n) is 6.92. The molecule has 2 heterocycles. The number of amides is 2. The number of aryl methyl sites for hydroxylation is 1. The monoisotopic (exact) mass is 351 g/mol. The maximum absolute atomic E-state index is 12.5. The standard InChI is InChI=1S/C20H21N3O3/c1-12-7-8-13(14-4-3-9-21-11-14)10-16(12)22-20(25)23-18-15-5-2-6-17(15)26-19(18)24/h3-4,7-11,15,17-18H,2,5-6H2,1H3,(H2,22,23,25)/t15-,17+,18-/m1/s1. The average molecular weight is 351 g/mol. The van der Waals surface area contributed by atoms with E-state index in [1.54, 1.807) is 12.4 Å². The van der Waals surface area contributed by atoms with Gasteiger partial charge in [-0.05, 0) is 49.4 Å². The van der Waals surface area contributed by atoms with Crippen LogP contribution in [0.2, 0.25) is 0 Å². The van der Waals surface area contributed by atoms with Gasteiger partial charge in [-0.3, -0.25) is 4.98 Å². The maximum Gasteiger partial charge on any atom is 0.329 e. The van der Waals surface area contributed by atoms with E-state index in [2.05, 4.69) is 15.6 Å². The van der Waals surface area contributed by atoms with Crippen LogP contribution >= 0.6 is 0 Å². The van der Waals surface area contributed by atoms with E-state index in [1.165, 1.54) is 0 Å². The Balaban J connectivity index is 1.48. The number of fused-ring (bicyclic) bond motifs is 1. The molecule has 2 N–H and O–H groups in total. The number of hydrogen-bond acceptors (Lipinski definition) is 4. The molecule has 2 aromatic rings. The molecule has 1 aliphatic carbocycles. The molecule has 2 fully saturated rings. The Morgan fingerprint density at radius 2 is 2.12 bits per heavy atom. The Hall–Kier alpha value is -2.89. The van der Waals surface area contributed by atoms with Gasteiger partial charge in [-0.15, -0.1) is 0 Å². The number of anilines is 1. The molecule has 0 spiro atoms. The minimum absolute atomic E-state index is 0.0385. The SMILES string of the molecule is Cc1ccc(-c2cccnc2)cc1NC(=O)N[C@H]1C(=O)O[C@H]2CCC[C@H]21. The van der Waals surface area contributed by atoms with Gasteiger partial charge < -0.3 is 15.4 Å². The van der Waals surface area contributed by atoms with Gasteiger partial charge in [0.15, 0.2) is 0 Å². The highest BCUT2D eigenvalue weighted by atomic mass is 16.6. The van der Waals surface area contributed by atoms with E-state index < -0.39 is 6.04 Å². The Bertz CT molecular complexity index is 837. The lowest BCUT2D eigenvalue weighted by Crippen LogP contribution is -2.44. The van der Waals surface area contributed by atoms with E-state index in [9.17, 15) is 9.59 Å². The lowest BCUT2D eigenvalue weighted by molar-refractivity contribution is -0.142. The molecule has 0 unspecified atom stereocenters. The highest BCUT2D eigenvalue weighted by Crippen LogP contribution is 2.36. The summed E-state index contributed by atoms with van der Waals surface area (Å²) in [7, 11) is 0. The number of aromatic nitrogens is 1. The first kappa shape index (κ1) is 16.6. The lowest BCUT2D eigenvalue weighted by Gasteiger charge is -2.17. The number of ether oxygens (including phenoxy) is 1. The number of urea groups is 1. The molecule has 1 saturated carbocycles. The van der Waals surface area contributed by atoms with Crippen molar-refractivity contribution in [1.82, 2.24) is 10.3 Å². The molecule has 6 heteroatoms. The quantitative estimate of drug-likeness (QED) is 0.832. The number of hydrogen-bond donors (Lipinski definition) is 2. The zero-order valence-electron chi connectivity index (χ0n) is 14.6. The number of rotatable bonds is 3. The molecule has 1 saturated heterocycles. The Kier molecular flexibility index (Phi) is 4.32. The first-order valence-corrected chi connectivity index (χ1v) is 8.91. The second kappa shape index (κ2) is 6.78. The summed E-state index contributed by atoms with van der Waals surface area (Å²) in [5, 5.41) is 5.67. The highest BCUT2D eigenvalue weighted by molar-refractivity contribution is 5.94. The van der Waals surface area contributed by atoms with E-state index >= 15 is 0 Å². The largest absolute Gasteiger partial charge is 0.460 e.